The lowest BCUT2D eigenvalue weighted by atomic mass is 9.86. The van der Waals surface area contributed by atoms with Crippen LogP contribution in [0.3, 0.4) is 0 Å². The van der Waals surface area contributed by atoms with Gasteiger partial charge in [-0.2, -0.15) is 0 Å². The summed E-state index contributed by atoms with van der Waals surface area (Å²) >= 11 is 0. The molecular weight excluding hydrogens is 344 g/mol. The maximum Gasteiger partial charge on any atom is 0.303 e. The Bertz CT molecular complexity index is 422. The molecule has 0 fully saturated rings. The zero-order valence-corrected chi connectivity index (χ0v) is 17.2. The Hall–Kier alpha value is -0.910. The monoisotopic (exact) mass is 384 g/mol. The molecule has 0 aromatic rings. The molecule has 158 valence electrons. The van der Waals surface area contributed by atoms with E-state index in [-0.39, 0.29) is 0 Å². The first kappa shape index (κ1) is 24.1. The van der Waals surface area contributed by atoms with Crippen LogP contribution in [-0.4, -0.2) is 45.2 Å². The summed E-state index contributed by atoms with van der Waals surface area (Å²) in [5.74, 6) is -0.515. The number of hydrogen-bond donors (Lipinski definition) is 3. The number of hydrogen-bond acceptors (Lipinski definition) is 5. The molecule has 1 aliphatic carbocycles. The summed E-state index contributed by atoms with van der Waals surface area (Å²) in [5, 5.41) is 30.7. The Balaban J connectivity index is 2.17. The molecule has 5 heteroatoms. The zero-order valence-electron chi connectivity index (χ0n) is 17.2. The van der Waals surface area contributed by atoms with Gasteiger partial charge in [0.15, 0.2) is 5.60 Å². The summed E-state index contributed by atoms with van der Waals surface area (Å²) in [4.78, 5) is 11.4. The van der Waals surface area contributed by atoms with Gasteiger partial charge in [0.2, 0.25) is 0 Å². The second-order valence-electron chi connectivity index (χ2n) is 7.94. The standard InChI is InChI=1S/C22H40O5/c1-3-4-5-6-7-8-9-10-11-12-13-14-15-21(27-18(2)23)22(26)19(24)16-17-20(22)25/h16-17,19-21,24-26H,3-15H2,1-2H3/t19-,20?,21?,22?/m1/s1. The van der Waals surface area contributed by atoms with Crippen LogP contribution in [0.4, 0.5) is 0 Å². The van der Waals surface area contributed by atoms with Crippen LogP contribution in [0, 0.1) is 0 Å². The van der Waals surface area contributed by atoms with E-state index in [1.807, 2.05) is 0 Å². The van der Waals surface area contributed by atoms with Gasteiger partial charge in [-0.1, -0.05) is 89.7 Å². The van der Waals surface area contributed by atoms with Crippen molar-refractivity contribution in [2.45, 2.75) is 121 Å². The van der Waals surface area contributed by atoms with Gasteiger partial charge in [0.05, 0.1) is 0 Å². The molecule has 0 bridgehead atoms. The van der Waals surface area contributed by atoms with Gasteiger partial charge in [-0.25, -0.2) is 0 Å². The van der Waals surface area contributed by atoms with Crippen LogP contribution < -0.4 is 0 Å². The first-order chi connectivity index (χ1) is 12.9. The highest BCUT2D eigenvalue weighted by Gasteiger charge is 2.52. The molecule has 0 aromatic heterocycles. The number of carbonyl (C=O) groups excluding carboxylic acids is 1. The molecule has 3 unspecified atom stereocenters. The molecule has 3 N–H and O–H groups in total. The summed E-state index contributed by atoms with van der Waals surface area (Å²) in [7, 11) is 0. The van der Waals surface area contributed by atoms with E-state index in [4.69, 9.17) is 4.74 Å². The molecule has 4 atom stereocenters. The SMILES string of the molecule is CCCCCCCCCCCCCCC(OC(C)=O)C1(O)C(O)C=C[C@H]1O. The molecule has 0 amide bonds. The molecule has 0 radical (unpaired) electrons. The van der Waals surface area contributed by atoms with Gasteiger partial charge in [0.25, 0.3) is 0 Å². The van der Waals surface area contributed by atoms with Crippen molar-refractivity contribution < 1.29 is 24.9 Å². The second kappa shape index (κ2) is 13.3. The Morgan fingerprint density at radius 1 is 0.889 bits per heavy atom. The van der Waals surface area contributed by atoms with E-state index >= 15 is 0 Å². The van der Waals surface area contributed by atoms with E-state index in [2.05, 4.69) is 6.92 Å². The predicted octanol–water partition coefficient (Wildman–Crippen LogP) is 4.03. The van der Waals surface area contributed by atoms with Gasteiger partial charge in [0.1, 0.15) is 18.3 Å². The molecule has 0 spiro atoms. The van der Waals surface area contributed by atoms with E-state index in [1.165, 1.54) is 76.9 Å². The molecule has 1 rings (SSSR count). The Labute approximate surface area is 164 Å². The fourth-order valence-corrected chi connectivity index (χ4v) is 3.83. The zero-order chi connectivity index (χ0) is 20.1. The van der Waals surface area contributed by atoms with Crippen LogP contribution in [0.1, 0.15) is 97.3 Å². The summed E-state index contributed by atoms with van der Waals surface area (Å²) in [6.07, 6.45) is 14.5. The lowest BCUT2D eigenvalue weighted by molar-refractivity contribution is -0.193. The smallest absolute Gasteiger partial charge is 0.303 e. The van der Waals surface area contributed by atoms with Gasteiger partial charge >= 0.3 is 5.97 Å². The highest BCUT2D eigenvalue weighted by molar-refractivity contribution is 5.66. The van der Waals surface area contributed by atoms with Gasteiger partial charge in [-0.3, -0.25) is 4.79 Å². The minimum absolute atomic E-state index is 0.434. The van der Waals surface area contributed by atoms with Crippen LogP contribution in [0.5, 0.6) is 0 Å². The third-order valence-electron chi connectivity index (χ3n) is 5.57. The summed E-state index contributed by atoms with van der Waals surface area (Å²) in [5.41, 5.74) is -1.84. The van der Waals surface area contributed by atoms with E-state index in [1.54, 1.807) is 0 Å². The largest absolute Gasteiger partial charge is 0.459 e. The van der Waals surface area contributed by atoms with Crippen molar-refractivity contribution in [1.82, 2.24) is 0 Å². The normalized spacial score (nSPS) is 25.7. The number of aliphatic hydroxyl groups excluding tert-OH is 2. The molecule has 27 heavy (non-hydrogen) atoms. The maximum atomic E-state index is 11.4. The lowest BCUT2D eigenvalue weighted by Crippen LogP contribution is -2.57. The van der Waals surface area contributed by atoms with Crippen LogP contribution in [0.15, 0.2) is 12.2 Å². The minimum atomic E-state index is -1.84. The predicted molar refractivity (Wildman–Crippen MR) is 107 cm³/mol. The minimum Gasteiger partial charge on any atom is -0.459 e. The van der Waals surface area contributed by atoms with Crippen molar-refractivity contribution in [3.63, 3.8) is 0 Å². The van der Waals surface area contributed by atoms with Crippen LogP contribution >= 0.6 is 0 Å². The molecule has 0 saturated heterocycles. The van der Waals surface area contributed by atoms with Gasteiger partial charge in [-0.05, 0) is 12.8 Å². The Morgan fingerprint density at radius 3 is 1.70 bits per heavy atom. The number of rotatable bonds is 15. The summed E-state index contributed by atoms with van der Waals surface area (Å²) in [6.45, 7) is 3.52. The van der Waals surface area contributed by atoms with Crippen molar-refractivity contribution in [2.24, 2.45) is 0 Å². The lowest BCUT2D eigenvalue weighted by Gasteiger charge is -2.37. The van der Waals surface area contributed by atoms with Crippen LogP contribution in [-0.2, 0) is 9.53 Å². The van der Waals surface area contributed by atoms with Crippen molar-refractivity contribution >= 4 is 5.97 Å². The van der Waals surface area contributed by atoms with Crippen molar-refractivity contribution in [1.29, 1.82) is 0 Å². The van der Waals surface area contributed by atoms with Crippen molar-refractivity contribution in [3.8, 4) is 0 Å². The van der Waals surface area contributed by atoms with E-state index in [0.717, 1.165) is 19.3 Å². The summed E-state index contributed by atoms with van der Waals surface area (Å²) in [6, 6.07) is 0. The third kappa shape index (κ3) is 8.32. The fourth-order valence-electron chi connectivity index (χ4n) is 3.83. The van der Waals surface area contributed by atoms with Crippen LogP contribution in [0.25, 0.3) is 0 Å². The first-order valence-electron chi connectivity index (χ1n) is 10.9. The Morgan fingerprint density at radius 2 is 1.30 bits per heavy atom. The first-order valence-corrected chi connectivity index (χ1v) is 10.9. The summed E-state index contributed by atoms with van der Waals surface area (Å²) < 4.78 is 5.23. The van der Waals surface area contributed by atoms with E-state index in [9.17, 15) is 20.1 Å². The average molecular weight is 385 g/mol. The number of aliphatic hydroxyl groups is 3. The fraction of sp³-hybridized carbons (Fsp3) is 0.864. The molecule has 0 heterocycles. The Kier molecular flexibility index (Phi) is 11.9. The average Bonchev–Trinajstić information content (AvgIpc) is 2.89. The molecule has 0 saturated carbocycles. The number of esters is 1. The van der Waals surface area contributed by atoms with Gasteiger partial charge < -0.3 is 20.1 Å². The van der Waals surface area contributed by atoms with E-state index in [0.29, 0.717) is 6.42 Å². The molecule has 0 aromatic carbocycles. The quantitative estimate of drug-likeness (QED) is 0.225. The van der Waals surface area contributed by atoms with Crippen molar-refractivity contribution in [3.05, 3.63) is 12.2 Å². The van der Waals surface area contributed by atoms with Gasteiger partial charge in [0, 0.05) is 6.92 Å². The maximum absolute atomic E-state index is 11.4. The highest BCUT2D eigenvalue weighted by atomic mass is 16.6. The molecular formula is C22H40O5. The number of carbonyl (C=O) groups is 1. The topological polar surface area (TPSA) is 87.0 Å². The second-order valence-corrected chi connectivity index (χ2v) is 7.94. The molecule has 0 aliphatic heterocycles. The van der Waals surface area contributed by atoms with Crippen LogP contribution in [0.2, 0.25) is 0 Å². The van der Waals surface area contributed by atoms with Gasteiger partial charge in [-0.15, -0.1) is 0 Å². The highest BCUT2D eigenvalue weighted by Crippen LogP contribution is 2.33. The molecule has 5 nitrogen and oxygen atoms in total. The van der Waals surface area contributed by atoms with Crippen molar-refractivity contribution in [2.75, 3.05) is 0 Å². The number of unbranched alkanes of at least 4 members (excludes halogenated alkanes) is 11. The third-order valence-corrected chi connectivity index (χ3v) is 5.57. The van der Waals surface area contributed by atoms with E-state index < -0.39 is 29.9 Å². The number of ether oxygens (including phenoxy) is 1. The molecule has 1 aliphatic rings.